The summed E-state index contributed by atoms with van der Waals surface area (Å²) in [6.07, 6.45) is 2.64. The van der Waals surface area contributed by atoms with Gasteiger partial charge in [0.25, 0.3) is 0 Å². The lowest BCUT2D eigenvalue weighted by atomic mass is 10.2. The summed E-state index contributed by atoms with van der Waals surface area (Å²) < 4.78 is 40.5. The number of nitrogens with zero attached hydrogens (tertiary/aromatic N) is 1. The van der Waals surface area contributed by atoms with Crippen LogP contribution in [0.1, 0.15) is 19.3 Å². The van der Waals surface area contributed by atoms with E-state index in [2.05, 4.69) is 4.72 Å². The predicted molar refractivity (Wildman–Crippen MR) is 66.0 cm³/mol. The number of anilines is 1. The van der Waals surface area contributed by atoms with Crippen molar-refractivity contribution in [3.05, 3.63) is 24.0 Å². The third-order valence-corrected chi connectivity index (χ3v) is 4.38. The zero-order valence-corrected chi connectivity index (χ0v) is 10.6. The molecule has 1 heterocycles. The molecule has 0 atom stereocenters. The van der Waals surface area contributed by atoms with Crippen LogP contribution in [0.15, 0.2) is 18.2 Å². The monoisotopic (exact) mass is 274 g/mol. The molecule has 0 spiro atoms. The van der Waals surface area contributed by atoms with Crippen molar-refractivity contribution in [2.45, 2.75) is 19.3 Å². The molecule has 2 rings (SSSR count). The van der Waals surface area contributed by atoms with Gasteiger partial charge in [0.1, 0.15) is 11.6 Å². The third-order valence-electron chi connectivity index (χ3n) is 2.85. The van der Waals surface area contributed by atoms with Crippen molar-refractivity contribution < 1.29 is 17.9 Å². The van der Waals surface area contributed by atoms with Gasteiger partial charge in [0.2, 0.25) is 0 Å². The third kappa shape index (κ3) is 2.91. The van der Waals surface area contributed by atoms with Crippen molar-refractivity contribution in [1.82, 2.24) is 4.31 Å². The molecule has 0 radical (unpaired) electrons. The second kappa shape index (κ2) is 5.11. The van der Waals surface area contributed by atoms with Gasteiger partial charge in [-0.3, -0.25) is 4.72 Å². The summed E-state index contributed by atoms with van der Waals surface area (Å²) in [4.78, 5) is 0. The highest BCUT2D eigenvalue weighted by atomic mass is 32.2. The van der Waals surface area contributed by atoms with Crippen LogP contribution in [-0.4, -0.2) is 30.9 Å². The van der Waals surface area contributed by atoms with Crippen LogP contribution in [0.4, 0.5) is 10.1 Å². The molecule has 5 nitrogen and oxygen atoms in total. The highest BCUT2D eigenvalue weighted by molar-refractivity contribution is 7.90. The van der Waals surface area contributed by atoms with Crippen molar-refractivity contribution in [1.29, 1.82) is 0 Å². The molecule has 100 valence electrons. The molecule has 0 amide bonds. The number of aromatic hydroxyl groups is 1. The molecule has 18 heavy (non-hydrogen) atoms. The Bertz CT molecular complexity index is 527. The van der Waals surface area contributed by atoms with Crippen LogP contribution in [-0.2, 0) is 10.2 Å². The zero-order chi connectivity index (χ0) is 13.2. The molecular weight excluding hydrogens is 259 g/mol. The lowest BCUT2D eigenvalue weighted by Crippen LogP contribution is -2.39. The van der Waals surface area contributed by atoms with Crippen LogP contribution < -0.4 is 4.72 Å². The van der Waals surface area contributed by atoms with E-state index in [9.17, 15) is 17.9 Å². The summed E-state index contributed by atoms with van der Waals surface area (Å²) in [7, 11) is -3.72. The van der Waals surface area contributed by atoms with Gasteiger partial charge in [-0.2, -0.15) is 12.7 Å². The second-order valence-electron chi connectivity index (χ2n) is 4.23. The van der Waals surface area contributed by atoms with Crippen LogP contribution in [0, 0.1) is 5.82 Å². The van der Waals surface area contributed by atoms with Gasteiger partial charge in [0.05, 0.1) is 5.69 Å². The summed E-state index contributed by atoms with van der Waals surface area (Å²) in [5.41, 5.74) is -0.138. The van der Waals surface area contributed by atoms with Gasteiger partial charge in [-0.25, -0.2) is 4.39 Å². The second-order valence-corrected chi connectivity index (χ2v) is 5.90. The van der Waals surface area contributed by atoms with Gasteiger partial charge in [0, 0.05) is 19.2 Å². The van der Waals surface area contributed by atoms with Crippen LogP contribution in [0.3, 0.4) is 0 Å². The van der Waals surface area contributed by atoms with E-state index < -0.39 is 16.0 Å². The predicted octanol–water partition coefficient (Wildman–Crippen LogP) is 1.67. The number of hydrogen-bond donors (Lipinski definition) is 2. The van der Waals surface area contributed by atoms with Crippen LogP contribution in [0.2, 0.25) is 0 Å². The smallest absolute Gasteiger partial charge is 0.301 e. The van der Waals surface area contributed by atoms with Crippen LogP contribution in [0.25, 0.3) is 0 Å². The SMILES string of the molecule is O=S(=O)(Nc1cc(F)ccc1O)N1CCCCC1. The normalized spacial score (nSPS) is 17.6. The molecule has 1 aromatic carbocycles. The van der Waals surface area contributed by atoms with E-state index in [0.717, 1.165) is 37.5 Å². The van der Waals surface area contributed by atoms with Crippen molar-refractivity contribution >= 4 is 15.9 Å². The van der Waals surface area contributed by atoms with Crippen LogP contribution >= 0.6 is 0 Å². The lowest BCUT2D eigenvalue weighted by Gasteiger charge is -2.26. The highest BCUT2D eigenvalue weighted by Gasteiger charge is 2.24. The fourth-order valence-electron chi connectivity index (χ4n) is 1.90. The maximum atomic E-state index is 13.0. The van der Waals surface area contributed by atoms with E-state index in [1.807, 2.05) is 0 Å². The summed E-state index contributed by atoms with van der Waals surface area (Å²) >= 11 is 0. The van der Waals surface area contributed by atoms with E-state index in [0.29, 0.717) is 13.1 Å². The van der Waals surface area contributed by atoms with E-state index in [1.165, 1.54) is 4.31 Å². The number of rotatable bonds is 3. The molecule has 0 aromatic heterocycles. The first-order valence-electron chi connectivity index (χ1n) is 5.75. The number of piperidine rings is 1. The first kappa shape index (κ1) is 13.1. The van der Waals surface area contributed by atoms with Crippen LogP contribution in [0.5, 0.6) is 5.75 Å². The molecular formula is C11H15FN2O3S. The fourth-order valence-corrected chi connectivity index (χ4v) is 3.21. The van der Waals surface area contributed by atoms with Crippen molar-refractivity contribution in [3.63, 3.8) is 0 Å². The molecule has 0 unspecified atom stereocenters. The summed E-state index contributed by atoms with van der Waals surface area (Å²) in [6, 6.07) is 3.13. The average molecular weight is 274 g/mol. The first-order chi connectivity index (χ1) is 8.49. The minimum Gasteiger partial charge on any atom is -0.506 e. The molecule has 1 saturated heterocycles. The fraction of sp³-hybridized carbons (Fsp3) is 0.455. The minimum absolute atomic E-state index is 0.138. The lowest BCUT2D eigenvalue weighted by molar-refractivity contribution is 0.349. The average Bonchev–Trinajstić information content (AvgIpc) is 2.35. The molecule has 7 heteroatoms. The number of hydrogen-bond acceptors (Lipinski definition) is 3. The molecule has 1 fully saturated rings. The molecule has 0 saturated carbocycles. The number of benzene rings is 1. The maximum Gasteiger partial charge on any atom is 0.301 e. The summed E-state index contributed by atoms with van der Waals surface area (Å²) in [5, 5.41) is 9.48. The number of phenols is 1. The Hall–Kier alpha value is -1.34. The molecule has 1 aromatic rings. The number of phenolic OH excluding ortho intramolecular Hbond substituents is 1. The summed E-state index contributed by atoms with van der Waals surface area (Å²) in [5.74, 6) is -0.902. The molecule has 0 aliphatic carbocycles. The van der Waals surface area contributed by atoms with Gasteiger partial charge in [-0.1, -0.05) is 6.42 Å². The van der Waals surface area contributed by atoms with E-state index >= 15 is 0 Å². The molecule has 1 aliphatic heterocycles. The summed E-state index contributed by atoms with van der Waals surface area (Å²) in [6.45, 7) is 0.900. The quantitative estimate of drug-likeness (QED) is 0.824. The van der Waals surface area contributed by atoms with Gasteiger partial charge in [-0.05, 0) is 25.0 Å². The Balaban J connectivity index is 2.18. The Morgan fingerprint density at radius 3 is 2.56 bits per heavy atom. The standard InChI is InChI=1S/C11H15FN2O3S/c12-9-4-5-11(15)10(8-9)13-18(16,17)14-6-2-1-3-7-14/h4-5,8,13,15H,1-3,6-7H2. The van der Waals surface area contributed by atoms with Gasteiger partial charge in [0.15, 0.2) is 0 Å². The Morgan fingerprint density at radius 2 is 1.89 bits per heavy atom. The molecule has 0 bridgehead atoms. The molecule has 1 aliphatic rings. The van der Waals surface area contributed by atoms with E-state index in [4.69, 9.17) is 0 Å². The van der Waals surface area contributed by atoms with Gasteiger partial charge < -0.3 is 5.11 Å². The number of nitrogens with one attached hydrogen (secondary N) is 1. The van der Waals surface area contributed by atoms with Crippen molar-refractivity contribution in [2.75, 3.05) is 17.8 Å². The Kier molecular flexibility index (Phi) is 3.72. The van der Waals surface area contributed by atoms with Gasteiger partial charge >= 0.3 is 10.2 Å². The largest absolute Gasteiger partial charge is 0.506 e. The maximum absolute atomic E-state index is 13.0. The topological polar surface area (TPSA) is 69.6 Å². The number of halogens is 1. The minimum atomic E-state index is -3.72. The van der Waals surface area contributed by atoms with E-state index in [1.54, 1.807) is 0 Å². The van der Waals surface area contributed by atoms with Crippen molar-refractivity contribution in [2.24, 2.45) is 0 Å². The first-order valence-corrected chi connectivity index (χ1v) is 7.19. The van der Waals surface area contributed by atoms with Gasteiger partial charge in [-0.15, -0.1) is 0 Å². The molecule has 2 N–H and O–H groups in total. The highest BCUT2D eigenvalue weighted by Crippen LogP contribution is 2.26. The Labute approximate surface area is 105 Å². The Morgan fingerprint density at radius 1 is 1.22 bits per heavy atom. The zero-order valence-electron chi connectivity index (χ0n) is 9.76. The van der Waals surface area contributed by atoms with Crippen molar-refractivity contribution in [3.8, 4) is 5.75 Å². The van der Waals surface area contributed by atoms with E-state index in [-0.39, 0.29) is 11.4 Å².